The van der Waals surface area contributed by atoms with Crippen molar-refractivity contribution in [1.29, 1.82) is 0 Å². The van der Waals surface area contributed by atoms with Crippen LogP contribution in [0.15, 0.2) is 58.6 Å². The van der Waals surface area contributed by atoms with Gasteiger partial charge < -0.3 is 4.84 Å². The Labute approximate surface area is 169 Å². The Morgan fingerprint density at radius 2 is 1.68 bits per heavy atom. The molecule has 2 aromatic carbocycles. The van der Waals surface area contributed by atoms with Crippen molar-refractivity contribution in [2.24, 2.45) is 5.16 Å². The summed E-state index contributed by atoms with van der Waals surface area (Å²) in [4.78, 5) is 16.9. The van der Waals surface area contributed by atoms with Crippen molar-refractivity contribution < 1.29 is 18.0 Å². The topological polar surface area (TPSA) is 76.0 Å². The molecule has 0 radical (unpaired) electrons. The van der Waals surface area contributed by atoms with Crippen molar-refractivity contribution in [2.75, 3.05) is 13.1 Å². The van der Waals surface area contributed by atoms with E-state index in [1.54, 1.807) is 12.1 Å². The number of nitrogens with zero attached hydrogens (tertiary/aromatic N) is 2. The van der Waals surface area contributed by atoms with Crippen LogP contribution in [0.2, 0.25) is 5.02 Å². The van der Waals surface area contributed by atoms with Gasteiger partial charge in [-0.25, -0.2) is 8.42 Å². The van der Waals surface area contributed by atoms with Crippen molar-refractivity contribution in [2.45, 2.75) is 31.3 Å². The molecule has 1 fully saturated rings. The monoisotopic (exact) mass is 420 g/mol. The van der Waals surface area contributed by atoms with Crippen molar-refractivity contribution in [3.63, 3.8) is 0 Å². The molecule has 0 aliphatic carbocycles. The molecule has 1 aliphatic heterocycles. The zero-order valence-corrected chi connectivity index (χ0v) is 17.0. The highest BCUT2D eigenvalue weighted by Gasteiger charge is 2.28. The first-order valence-electron chi connectivity index (χ1n) is 8.89. The molecule has 1 heterocycles. The molecule has 0 N–H and O–H groups in total. The second-order valence-electron chi connectivity index (χ2n) is 6.54. The van der Waals surface area contributed by atoms with Gasteiger partial charge in [0.2, 0.25) is 10.0 Å². The lowest BCUT2D eigenvalue weighted by Gasteiger charge is -2.26. The molecule has 28 heavy (non-hydrogen) atoms. The summed E-state index contributed by atoms with van der Waals surface area (Å²) in [5.74, 6) is -0.0959. The van der Waals surface area contributed by atoms with Crippen LogP contribution in [0.5, 0.6) is 0 Å². The van der Waals surface area contributed by atoms with E-state index in [2.05, 4.69) is 5.16 Å². The van der Waals surface area contributed by atoms with Gasteiger partial charge >= 0.3 is 0 Å². The van der Waals surface area contributed by atoms with Crippen LogP contribution in [-0.2, 0) is 21.5 Å². The lowest BCUT2D eigenvalue weighted by atomic mass is 10.1. The number of rotatable bonds is 6. The van der Waals surface area contributed by atoms with E-state index in [0.717, 1.165) is 11.3 Å². The van der Waals surface area contributed by atoms with E-state index in [4.69, 9.17) is 16.4 Å². The van der Waals surface area contributed by atoms with Crippen molar-refractivity contribution in [1.82, 2.24) is 4.31 Å². The first kappa shape index (κ1) is 20.5. The summed E-state index contributed by atoms with van der Waals surface area (Å²) in [7, 11) is -3.58. The molecule has 3 rings (SSSR count). The molecule has 0 spiro atoms. The maximum atomic E-state index is 12.8. The SMILES string of the molecule is CC(=O)c1ccc(S(=O)(=O)N2CCC(=NOCc3ccc(Cl)cc3)CC2)cc1. The standard InChI is InChI=1S/C20H21ClN2O4S/c1-15(24)17-4-8-20(9-5-17)28(25,26)23-12-10-19(11-13-23)22-27-14-16-2-6-18(21)7-3-16/h2-9H,10-14H2,1H3. The van der Waals surface area contributed by atoms with E-state index in [0.29, 0.717) is 43.1 Å². The van der Waals surface area contributed by atoms with Crippen LogP contribution >= 0.6 is 11.6 Å². The number of hydrogen-bond donors (Lipinski definition) is 0. The van der Waals surface area contributed by atoms with Crippen LogP contribution in [0.1, 0.15) is 35.7 Å². The van der Waals surface area contributed by atoms with E-state index >= 15 is 0 Å². The summed E-state index contributed by atoms with van der Waals surface area (Å²) >= 11 is 5.85. The highest BCUT2D eigenvalue weighted by molar-refractivity contribution is 7.89. The van der Waals surface area contributed by atoms with E-state index in [9.17, 15) is 13.2 Å². The number of hydrogen-bond acceptors (Lipinski definition) is 5. The molecule has 8 heteroatoms. The minimum absolute atomic E-state index is 0.0959. The van der Waals surface area contributed by atoms with Gasteiger partial charge in [-0.2, -0.15) is 4.31 Å². The number of piperidine rings is 1. The molecule has 2 aromatic rings. The quantitative estimate of drug-likeness (QED) is 0.524. The molecule has 0 bridgehead atoms. The zero-order valence-electron chi connectivity index (χ0n) is 15.5. The van der Waals surface area contributed by atoms with E-state index in [-0.39, 0.29) is 10.7 Å². The Kier molecular flexibility index (Phi) is 6.49. The summed E-state index contributed by atoms with van der Waals surface area (Å²) in [5.41, 5.74) is 2.29. The molecule has 0 aromatic heterocycles. The average molecular weight is 421 g/mol. The maximum Gasteiger partial charge on any atom is 0.243 e. The van der Waals surface area contributed by atoms with Gasteiger partial charge in [0.1, 0.15) is 6.61 Å². The Hall–Kier alpha value is -2.22. The highest BCUT2D eigenvalue weighted by Crippen LogP contribution is 2.21. The number of oxime groups is 1. The second-order valence-corrected chi connectivity index (χ2v) is 8.92. The number of benzene rings is 2. The average Bonchev–Trinajstić information content (AvgIpc) is 2.70. The van der Waals surface area contributed by atoms with Gasteiger partial charge in [0.15, 0.2) is 5.78 Å². The first-order chi connectivity index (χ1) is 13.4. The first-order valence-corrected chi connectivity index (χ1v) is 10.7. The van der Waals surface area contributed by atoms with Crippen LogP contribution in [-0.4, -0.2) is 37.3 Å². The molecule has 0 saturated carbocycles. The number of Topliss-reactive ketones (excluding diaryl/α,β-unsaturated/α-hetero) is 1. The molecule has 0 atom stereocenters. The Balaban J connectivity index is 1.56. The van der Waals surface area contributed by atoms with Crippen molar-refractivity contribution in [3.8, 4) is 0 Å². The second kappa shape index (κ2) is 8.86. The van der Waals surface area contributed by atoms with Crippen molar-refractivity contribution in [3.05, 3.63) is 64.7 Å². The summed E-state index contributed by atoms with van der Waals surface area (Å²) in [5, 5.41) is 4.81. The third-order valence-corrected chi connectivity index (χ3v) is 6.70. The van der Waals surface area contributed by atoms with E-state index in [1.807, 2.05) is 12.1 Å². The van der Waals surface area contributed by atoms with E-state index in [1.165, 1.54) is 35.5 Å². The van der Waals surface area contributed by atoms with Gasteiger partial charge in [-0.3, -0.25) is 4.79 Å². The molecular weight excluding hydrogens is 400 g/mol. The molecule has 1 aliphatic rings. The molecule has 0 amide bonds. The summed E-state index contributed by atoms with van der Waals surface area (Å²) in [6, 6.07) is 13.4. The molecule has 0 unspecified atom stereocenters. The predicted octanol–water partition coefficient (Wildman–Crippen LogP) is 3.90. The van der Waals surface area contributed by atoms with Crippen LogP contribution < -0.4 is 0 Å². The maximum absolute atomic E-state index is 12.8. The minimum atomic E-state index is -3.58. The lowest BCUT2D eigenvalue weighted by Crippen LogP contribution is -2.38. The fourth-order valence-electron chi connectivity index (χ4n) is 2.87. The van der Waals surface area contributed by atoms with Gasteiger partial charge in [-0.05, 0) is 36.8 Å². The molecular formula is C20H21ClN2O4S. The molecule has 1 saturated heterocycles. The van der Waals surface area contributed by atoms with Gasteiger partial charge in [0.25, 0.3) is 0 Å². The number of ketones is 1. The summed E-state index contributed by atoms with van der Waals surface area (Å²) < 4.78 is 27.0. The van der Waals surface area contributed by atoms with Gasteiger partial charge in [0.05, 0.1) is 10.6 Å². The number of carbonyl (C=O) groups is 1. The third-order valence-electron chi connectivity index (χ3n) is 4.54. The Morgan fingerprint density at radius 3 is 2.25 bits per heavy atom. The van der Waals surface area contributed by atoms with Crippen LogP contribution in [0.3, 0.4) is 0 Å². The Bertz CT molecular complexity index is 960. The predicted molar refractivity (Wildman–Crippen MR) is 108 cm³/mol. The summed E-state index contributed by atoms with van der Waals surface area (Å²) in [6.45, 7) is 2.48. The third kappa shape index (κ3) is 4.98. The van der Waals surface area contributed by atoms with Crippen LogP contribution in [0.25, 0.3) is 0 Å². The fourth-order valence-corrected chi connectivity index (χ4v) is 4.43. The minimum Gasteiger partial charge on any atom is -0.391 e. The smallest absolute Gasteiger partial charge is 0.243 e. The summed E-state index contributed by atoms with van der Waals surface area (Å²) in [6.07, 6.45) is 1.04. The normalized spacial score (nSPS) is 15.3. The highest BCUT2D eigenvalue weighted by atomic mass is 35.5. The van der Waals surface area contributed by atoms with Gasteiger partial charge in [0, 0.05) is 36.5 Å². The largest absolute Gasteiger partial charge is 0.391 e. The Morgan fingerprint density at radius 1 is 1.07 bits per heavy atom. The number of carbonyl (C=O) groups excluding carboxylic acids is 1. The fraction of sp³-hybridized carbons (Fsp3) is 0.300. The van der Waals surface area contributed by atoms with Gasteiger partial charge in [-0.15, -0.1) is 0 Å². The zero-order chi connectivity index (χ0) is 20.1. The van der Waals surface area contributed by atoms with Crippen LogP contribution in [0, 0.1) is 0 Å². The molecule has 148 valence electrons. The van der Waals surface area contributed by atoms with E-state index < -0.39 is 10.0 Å². The number of halogens is 1. The van der Waals surface area contributed by atoms with Crippen LogP contribution in [0.4, 0.5) is 0 Å². The number of sulfonamides is 1. The van der Waals surface area contributed by atoms with Crippen molar-refractivity contribution >= 4 is 33.1 Å². The van der Waals surface area contributed by atoms with Gasteiger partial charge in [-0.1, -0.05) is 41.0 Å². The molecule has 6 nitrogen and oxygen atoms in total. The lowest BCUT2D eigenvalue weighted by molar-refractivity contribution is 0.101.